The molecule has 37 heavy (non-hydrogen) atoms. The Bertz CT molecular complexity index is 527. The molecule has 0 heterocycles. The normalized spacial score (nSPS) is 12.5. The minimum atomic E-state index is -4.58. The summed E-state index contributed by atoms with van der Waals surface area (Å²) in [4.78, 5) is 0. The van der Waals surface area contributed by atoms with Gasteiger partial charge in [0.25, 0.3) is 0 Å². The van der Waals surface area contributed by atoms with Gasteiger partial charge in [-0.3, -0.25) is 4.18 Å². The second-order valence-electron chi connectivity index (χ2n) is 11.3. The Morgan fingerprint density at radius 3 is 0.973 bits per heavy atom. The van der Waals surface area contributed by atoms with E-state index in [9.17, 15) is 13.0 Å². The Morgan fingerprint density at radius 2 is 0.730 bits per heavy atom. The Labute approximate surface area is 276 Å². The maximum atomic E-state index is 10.9. The first-order chi connectivity index (χ1) is 17.5. The van der Waals surface area contributed by atoms with E-state index in [1.807, 2.05) is 0 Å². The topological polar surface area (TPSA) is 66.4 Å². The first-order valence-corrected chi connectivity index (χ1v) is 17.4. The largest absolute Gasteiger partial charge is 1.00 e. The molecule has 0 radical (unpaired) electrons. The number of hydrogen-bond acceptors (Lipinski definition) is 4. The van der Waals surface area contributed by atoms with Gasteiger partial charge in [-0.1, -0.05) is 174 Å². The quantitative estimate of drug-likeness (QED) is 0.0385. The van der Waals surface area contributed by atoms with Gasteiger partial charge >= 0.3 is 51.4 Å². The van der Waals surface area contributed by atoms with Crippen LogP contribution >= 0.6 is 0 Å². The van der Waals surface area contributed by atoms with Gasteiger partial charge in [-0.2, -0.15) is 0 Å². The van der Waals surface area contributed by atoms with Gasteiger partial charge in [-0.25, -0.2) is 8.42 Å². The fraction of sp³-hybridized carbons (Fsp3) is 1.00. The zero-order chi connectivity index (χ0) is 26.6. The van der Waals surface area contributed by atoms with Crippen molar-refractivity contribution in [2.75, 3.05) is 6.61 Å². The molecular formula is C31H63KO4S. The van der Waals surface area contributed by atoms with Crippen molar-refractivity contribution in [1.82, 2.24) is 0 Å². The van der Waals surface area contributed by atoms with E-state index in [0.717, 1.165) is 25.7 Å². The molecule has 0 spiro atoms. The van der Waals surface area contributed by atoms with Crippen LogP contribution in [0.25, 0.3) is 0 Å². The summed E-state index contributed by atoms with van der Waals surface area (Å²) in [5.74, 6) is 0.199. The van der Waals surface area contributed by atoms with Crippen molar-refractivity contribution in [2.24, 2.45) is 5.92 Å². The van der Waals surface area contributed by atoms with E-state index in [1.165, 1.54) is 148 Å². The molecule has 0 aliphatic rings. The molecule has 0 aromatic carbocycles. The molecule has 0 aromatic heterocycles. The third kappa shape index (κ3) is 35.5. The fourth-order valence-electron chi connectivity index (χ4n) is 5.22. The van der Waals surface area contributed by atoms with Gasteiger partial charge in [0.15, 0.2) is 0 Å². The van der Waals surface area contributed by atoms with Crippen molar-refractivity contribution in [1.29, 1.82) is 0 Å². The maximum absolute atomic E-state index is 10.9. The molecule has 4 nitrogen and oxygen atoms in total. The molecule has 0 fully saturated rings. The number of unbranched alkanes of at least 4 members (excludes halogenated alkanes) is 23. The van der Waals surface area contributed by atoms with Crippen LogP contribution in [0.15, 0.2) is 0 Å². The predicted octanol–water partition coefficient (Wildman–Crippen LogP) is 7.66. The van der Waals surface area contributed by atoms with Crippen LogP contribution in [0.3, 0.4) is 0 Å². The van der Waals surface area contributed by atoms with Crippen molar-refractivity contribution in [3.63, 3.8) is 0 Å². The molecule has 0 aliphatic carbocycles. The van der Waals surface area contributed by atoms with Crippen molar-refractivity contribution < 1.29 is 68.5 Å². The van der Waals surface area contributed by atoms with E-state index in [-0.39, 0.29) is 63.9 Å². The Balaban J connectivity index is 0. The van der Waals surface area contributed by atoms with E-state index < -0.39 is 10.4 Å². The van der Waals surface area contributed by atoms with Gasteiger partial charge in [0, 0.05) is 0 Å². The number of rotatable bonds is 30. The molecule has 218 valence electrons. The molecule has 0 aromatic rings. The first-order valence-electron chi connectivity index (χ1n) is 16.1. The average molecular weight is 571 g/mol. The van der Waals surface area contributed by atoms with Crippen LogP contribution in [0.2, 0.25) is 0 Å². The maximum Gasteiger partial charge on any atom is 1.00 e. The van der Waals surface area contributed by atoms with E-state index in [4.69, 9.17) is 0 Å². The molecule has 0 saturated heterocycles. The second-order valence-corrected chi connectivity index (χ2v) is 12.3. The molecule has 1 atom stereocenters. The van der Waals surface area contributed by atoms with Gasteiger partial charge in [-0.05, 0) is 18.8 Å². The van der Waals surface area contributed by atoms with Crippen LogP contribution in [0.5, 0.6) is 0 Å². The van der Waals surface area contributed by atoms with Crippen molar-refractivity contribution in [3.05, 3.63) is 0 Å². The van der Waals surface area contributed by atoms with Gasteiger partial charge in [0.2, 0.25) is 10.4 Å². The average Bonchev–Trinajstić information content (AvgIpc) is 2.85. The van der Waals surface area contributed by atoms with Crippen molar-refractivity contribution in [3.8, 4) is 0 Å². The van der Waals surface area contributed by atoms with Crippen LogP contribution < -0.4 is 51.4 Å². The van der Waals surface area contributed by atoms with E-state index >= 15 is 0 Å². The zero-order valence-corrected chi connectivity index (χ0v) is 29.4. The van der Waals surface area contributed by atoms with Crippen LogP contribution in [0, 0.1) is 5.92 Å². The molecule has 0 aliphatic heterocycles. The van der Waals surface area contributed by atoms with E-state index in [2.05, 4.69) is 18.0 Å². The fourth-order valence-corrected chi connectivity index (χ4v) is 5.57. The predicted molar refractivity (Wildman–Crippen MR) is 155 cm³/mol. The Morgan fingerprint density at radius 1 is 0.486 bits per heavy atom. The molecule has 6 heteroatoms. The summed E-state index contributed by atoms with van der Waals surface area (Å²) < 4.78 is 37.3. The minimum absolute atomic E-state index is 0. The number of hydrogen-bond donors (Lipinski definition) is 0. The van der Waals surface area contributed by atoms with Crippen LogP contribution in [0.4, 0.5) is 0 Å². The summed E-state index contributed by atoms with van der Waals surface area (Å²) in [7, 11) is -4.58. The first kappa shape index (κ1) is 40.6. The van der Waals surface area contributed by atoms with E-state index in [0.29, 0.717) is 0 Å². The summed E-state index contributed by atoms with van der Waals surface area (Å²) in [6, 6.07) is 0. The third-order valence-corrected chi connectivity index (χ3v) is 8.05. The minimum Gasteiger partial charge on any atom is -0.726 e. The molecule has 0 rings (SSSR count). The van der Waals surface area contributed by atoms with Crippen LogP contribution in [-0.2, 0) is 14.6 Å². The van der Waals surface area contributed by atoms with Gasteiger partial charge in [-0.15, -0.1) is 0 Å². The van der Waals surface area contributed by atoms with E-state index in [1.54, 1.807) is 0 Å². The van der Waals surface area contributed by atoms with Gasteiger partial charge in [0.1, 0.15) is 0 Å². The Kier molecular flexibility index (Phi) is 35.2. The summed E-state index contributed by atoms with van der Waals surface area (Å²) in [6.07, 6.45) is 35.2. The molecule has 0 bridgehead atoms. The molecule has 1 unspecified atom stereocenters. The summed E-state index contributed by atoms with van der Waals surface area (Å²) in [5, 5.41) is 0. The standard InChI is InChI=1S/C31H64O4S.K/c1-3-5-7-9-11-13-14-15-16-17-18-19-20-21-23-25-27-29-31(30-35-36(32,33)34)28-26-24-22-12-10-8-6-4-2;/h31H,3-30H2,1-2H3,(H,32,33,34);/q;+1/p-1. The molecular weight excluding hydrogens is 508 g/mol. The smallest absolute Gasteiger partial charge is 0.726 e. The molecule has 0 saturated carbocycles. The Hall–Kier alpha value is 1.51. The monoisotopic (exact) mass is 570 g/mol. The van der Waals surface area contributed by atoms with Crippen LogP contribution in [0.1, 0.15) is 187 Å². The van der Waals surface area contributed by atoms with Crippen molar-refractivity contribution >= 4 is 10.4 Å². The molecule has 0 N–H and O–H groups in total. The summed E-state index contributed by atoms with van der Waals surface area (Å²) in [5.41, 5.74) is 0. The van der Waals surface area contributed by atoms with Gasteiger partial charge < -0.3 is 4.55 Å². The summed E-state index contributed by atoms with van der Waals surface area (Å²) >= 11 is 0. The summed E-state index contributed by atoms with van der Waals surface area (Å²) in [6.45, 7) is 4.59. The molecule has 0 amide bonds. The van der Waals surface area contributed by atoms with Crippen molar-refractivity contribution in [2.45, 2.75) is 187 Å². The second kappa shape index (κ2) is 32.0. The SMILES string of the molecule is CCCCCCCCCCCCCCCCCCCC(CCCCCCCCCC)COS(=O)(=O)[O-].[K+]. The zero-order valence-electron chi connectivity index (χ0n) is 25.4. The van der Waals surface area contributed by atoms with Crippen LogP contribution in [-0.4, -0.2) is 19.6 Å². The third-order valence-electron chi connectivity index (χ3n) is 7.63. The van der Waals surface area contributed by atoms with Gasteiger partial charge in [0.05, 0.1) is 6.61 Å².